The molecule has 176 valence electrons. The summed E-state index contributed by atoms with van der Waals surface area (Å²) in [6.07, 6.45) is 5.59. The maximum Gasteiger partial charge on any atom is 0.290 e. The highest BCUT2D eigenvalue weighted by Gasteiger charge is 2.44. The monoisotopic (exact) mass is 472 g/mol. The largest absolute Gasteiger partial charge is 0.503 e. The van der Waals surface area contributed by atoms with Gasteiger partial charge in [0.05, 0.1) is 22.9 Å². The lowest BCUT2D eigenvalue weighted by Gasteiger charge is -2.26. The lowest BCUT2D eigenvalue weighted by Crippen LogP contribution is -2.32. The molecule has 3 heterocycles. The molecule has 0 aliphatic carbocycles. The zero-order valence-corrected chi connectivity index (χ0v) is 18.4. The summed E-state index contributed by atoms with van der Waals surface area (Å²) in [7, 11) is 0. The van der Waals surface area contributed by atoms with E-state index in [2.05, 4.69) is 4.98 Å². The number of amides is 1. The number of fused-ring (bicyclic) bond motifs is 1. The van der Waals surface area contributed by atoms with E-state index in [1.54, 1.807) is 55.1 Å². The number of furan rings is 1. The molecule has 0 radical (unpaired) electrons. The number of Topliss-reactive ketones (excluding diaryl/α,β-unsaturated/α-hetero) is 1. The summed E-state index contributed by atoms with van der Waals surface area (Å²) in [5.41, 5.74) is 0.482. The first-order valence-corrected chi connectivity index (χ1v) is 10.9. The van der Waals surface area contributed by atoms with Crippen LogP contribution in [-0.4, -0.2) is 42.7 Å². The number of carbonyl (C=O) groups is 2. The highest BCUT2D eigenvalue weighted by atomic mass is 16.6. The van der Waals surface area contributed by atoms with Crippen molar-refractivity contribution in [1.29, 1.82) is 0 Å². The van der Waals surface area contributed by atoms with Gasteiger partial charge in [0.25, 0.3) is 11.6 Å². The lowest BCUT2D eigenvalue weighted by atomic mass is 9.94. The van der Waals surface area contributed by atoms with Crippen molar-refractivity contribution in [2.45, 2.75) is 19.0 Å². The van der Waals surface area contributed by atoms with Gasteiger partial charge in [-0.3, -0.25) is 19.7 Å². The van der Waals surface area contributed by atoms with Crippen LogP contribution >= 0.6 is 0 Å². The van der Waals surface area contributed by atoms with Crippen LogP contribution in [0.3, 0.4) is 0 Å². The van der Waals surface area contributed by atoms with Gasteiger partial charge in [-0.25, -0.2) is 4.98 Å². The molecule has 1 aliphatic heterocycles. The number of para-hydroxylation sites is 1. The number of nitrogens with zero attached hydrogens (tertiary/aromatic N) is 4. The molecule has 2 aromatic heterocycles. The maximum atomic E-state index is 13.5. The number of carbonyl (C=O) groups excluding carboxylic acids is 2. The fourth-order valence-corrected chi connectivity index (χ4v) is 4.34. The number of non-ortho nitro benzene ring substituents is 1. The van der Waals surface area contributed by atoms with Crippen molar-refractivity contribution in [2.75, 3.05) is 6.54 Å². The Morgan fingerprint density at radius 2 is 1.97 bits per heavy atom. The first-order chi connectivity index (χ1) is 16.9. The summed E-state index contributed by atoms with van der Waals surface area (Å²) in [5, 5.41) is 22.9. The summed E-state index contributed by atoms with van der Waals surface area (Å²) < 4.78 is 7.54. The first-order valence-electron chi connectivity index (χ1n) is 10.9. The Morgan fingerprint density at radius 3 is 2.71 bits per heavy atom. The fourth-order valence-electron chi connectivity index (χ4n) is 4.34. The second kappa shape index (κ2) is 8.90. The van der Waals surface area contributed by atoms with Gasteiger partial charge in [-0.1, -0.05) is 30.3 Å². The molecule has 10 nitrogen and oxygen atoms in total. The molecule has 4 aromatic rings. The van der Waals surface area contributed by atoms with E-state index in [4.69, 9.17) is 4.42 Å². The van der Waals surface area contributed by atoms with Crippen LogP contribution in [-0.2, 0) is 11.3 Å². The van der Waals surface area contributed by atoms with Crippen molar-refractivity contribution >= 4 is 28.3 Å². The van der Waals surface area contributed by atoms with E-state index in [0.29, 0.717) is 29.5 Å². The third-order valence-corrected chi connectivity index (χ3v) is 5.97. The van der Waals surface area contributed by atoms with E-state index in [0.717, 1.165) is 0 Å². The fraction of sp³-hybridized carbons (Fsp3) is 0.160. The minimum atomic E-state index is -1.01. The van der Waals surface area contributed by atoms with Crippen LogP contribution in [0.4, 0.5) is 5.69 Å². The van der Waals surface area contributed by atoms with E-state index in [9.17, 15) is 24.8 Å². The number of ketones is 1. The lowest BCUT2D eigenvalue weighted by molar-refractivity contribution is -0.384. The van der Waals surface area contributed by atoms with Gasteiger partial charge in [0.15, 0.2) is 11.5 Å². The Hall–Kier alpha value is -4.73. The van der Waals surface area contributed by atoms with Crippen LogP contribution in [0, 0.1) is 10.1 Å². The number of benzene rings is 2. The minimum Gasteiger partial charge on any atom is -0.503 e. The van der Waals surface area contributed by atoms with Gasteiger partial charge in [0.2, 0.25) is 5.78 Å². The smallest absolute Gasteiger partial charge is 0.290 e. The molecule has 0 bridgehead atoms. The molecule has 1 N–H and O–H groups in total. The third kappa shape index (κ3) is 4.05. The van der Waals surface area contributed by atoms with Gasteiger partial charge in [-0.05, 0) is 24.1 Å². The van der Waals surface area contributed by atoms with Crippen molar-refractivity contribution < 1.29 is 24.0 Å². The number of rotatable bonds is 8. The summed E-state index contributed by atoms with van der Waals surface area (Å²) in [5.74, 6) is -2.09. The molecule has 0 saturated heterocycles. The number of hydrogen-bond donors (Lipinski definition) is 1. The van der Waals surface area contributed by atoms with Crippen LogP contribution in [0.15, 0.2) is 89.1 Å². The molecule has 5 rings (SSSR count). The predicted octanol–water partition coefficient (Wildman–Crippen LogP) is 4.21. The number of aliphatic hydroxyl groups is 1. The molecule has 35 heavy (non-hydrogen) atoms. The molecule has 0 spiro atoms. The second-order valence-electron chi connectivity index (χ2n) is 8.15. The SMILES string of the molecule is O=C(C1=C(O)C(=O)N(CCCn2ccnc2)C1c1cccc([N+](=O)[O-])c1)c1cc2ccccc2o1. The van der Waals surface area contributed by atoms with Crippen molar-refractivity contribution in [3.05, 3.63) is 106 Å². The van der Waals surface area contributed by atoms with Crippen LogP contribution < -0.4 is 0 Å². The van der Waals surface area contributed by atoms with Gasteiger partial charge in [-0.2, -0.15) is 0 Å². The van der Waals surface area contributed by atoms with Crippen molar-refractivity contribution in [3.63, 3.8) is 0 Å². The van der Waals surface area contributed by atoms with Crippen LogP contribution in [0.25, 0.3) is 11.0 Å². The van der Waals surface area contributed by atoms with Crippen molar-refractivity contribution in [1.82, 2.24) is 14.5 Å². The molecular formula is C25H20N4O6. The van der Waals surface area contributed by atoms with Crippen LogP contribution in [0.1, 0.15) is 28.6 Å². The van der Waals surface area contributed by atoms with Crippen LogP contribution in [0.5, 0.6) is 0 Å². The zero-order valence-electron chi connectivity index (χ0n) is 18.4. The average Bonchev–Trinajstić information content (AvgIpc) is 3.59. The molecule has 0 saturated carbocycles. The Balaban J connectivity index is 1.53. The second-order valence-corrected chi connectivity index (χ2v) is 8.15. The normalized spacial score (nSPS) is 15.8. The number of aliphatic hydroxyl groups excluding tert-OH is 1. The molecule has 1 aliphatic rings. The predicted molar refractivity (Wildman–Crippen MR) is 125 cm³/mol. The van der Waals surface area contributed by atoms with E-state index in [-0.39, 0.29) is 23.6 Å². The average molecular weight is 472 g/mol. The number of imidazole rings is 1. The number of aromatic nitrogens is 2. The zero-order chi connectivity index (χ0) is 24.5. The van der Waals surface area contributed by atoms with Crippen molar-refractivity contribution in [3.8, 4) is 0 Å². The van der Waals surface area contributed by atoms with E-state index in [1.165, 1.54) is 23.1 Å². The molecule has 1 atom stereocenters. The van der Waals surface area contributed by atoms with E-state index < -0.39 is 28.4 Å². The Bertz CT molecular complexity index is 1440. The highest BCUT2D eigenvalue weighted by Crippen LogP contribution is 2.40. The summed E-state index contributed by atoms with van der Waals surface area (Å²) in [6, 6.07) is 13.3. The number of hydrogen-bond acceptors (Lipinski definition) is 7. The summed E-state index contributed by atoms with van der Waals surface area (Å²) >= 11 is 0. The van der Waals surface area contributed by atoms with Gasteiger partial charge < -0.3 is 19.0 Å². The number of nitro benzene ring substituents is 1. The van der Waals surface area contributed by atoms with Gasteiger partial charge in [-0.15, -0.1) is 0 Å². The molecule has 2 aromatic carbocycles. The van der Waals surface area contributed by atoms with Gasteiger partial charge in [0, 0.05) is 43.0 Å². The van der Waals surface area contributed by atoms with Gasteiger partial charge >= 0.3 is 0 Å². The topological polar surface area (TPSA) is 132 Å². The third-order valence-electron chi connectivity index (χ3n) is 5.97. The Morgan fingerprint density at radius 1 is 1.14 bits per heavy atom. The molecule has 1 unspecified atom stereocenters. The van der Waals surface area contributed by atoms with Gasteiger partial charge in [0.1, 0.15) is 5.58 Å². The number of nitro groups is 1. The first kappa shape index (κ1) is 22.1. The molecular weight excluding hydrogens is 452 g/mol. The minimum absolute atomic E-state index is 0.0313. The standard InChI is InChI=1S/C25H20N4O6/c30-23(20-14-16-5-1-2-8-19(16)35-20)21-22(17-6-3-7-18(13-17)29(33)34)28(25(32)24(21)31)11-4-10-27-12-9-26-15-27/h1-3,5-9,12-15,22,31H,4,10-11H2. The Labute approximate surface area is 198 Å². The maximum absolute atomic E-state index is 13.5. The van der Waals surface area contributed by atoms with Crippen LogP contribution in [0.2, 0.25) is 0 Å². The van der Waals surface area contributed by atoms with E-state index >= 15 is 0 Å². The van der Waals surface area contributed by atoms with E-state index in [1.807, 2.05) is 4.57 Å². The quantitative estimate of drug-likeness (QED) is 0.231. The molecule has 1 amide bonds. The summed E-state index contributed by atoms with van der Waals surface area (Å²) in [6.45, 7) is 0.754. The summed E-state index contributed by atoms with van der Waals surface area (Å²) in [4.78, 5) is 42.8. The van der Waals surface area contributed by atoms with Crippen molar-refractivity contribution in [2.24, 2.45) is 0 Å². The molecule has 10 heteroatoms. The highest BCUT2D eigenvalue weighted by molar-refractivity contribution is 6.16. The Kier molecular flexibility index (Phi) is 5.61. The number of aryl methyl sites for hydroxylation is 1. The molecule has 0 fully saturated rings.